The van der Waals surface area contributed by atoms with Gasteiger partial charge in [-0.2, -0.15) is 0 Å². The van der Waals surface area contributed by atoms with Gasteiger partial charge in [-0.1, -0.05) is 43.2 Å². The number of likely N-dealkylation sites (N-methyl/N-ethyl adjacent to an activating group) is 1. The third-order valence-electron chi connectivity index (χ3n) is 5.26. The molecular formula is C18H27NO3. The molecule has 1 saturated heterocycles. The summed E-state index contributed by atoms with van der Waals surface area (Å²) in [5, 5.41) is 22.1. The zero-order valence-electron chi connectivity index (χ0n) is 13.3. The van der Waals surface area contributed by atoms with Crippen molar-refractivity contribution >= 4 is 0 Å². The lowest BCUT2D eigenvalue weighted by atomic mass is 9.79. The third-order valence-corrected chi connectivity index (χ3v) is 5.26. The summed E-state index contributed by atoms with van der Waals surface area (Å²) in [6.07, 6.45) is 3.83. The first-order valence-electron chi connectivity index (χ1n) is 8.40. The first kappa shape index (κ1) is 15.9. The first-order chi connectivity index (χ1) is 10.6. The lowest BCUT2D eigenvalue weighted by Gasteiger charge is -2.39. The normalized spacial score (nSPS) is 27.9. The number of hydrogen-bond acceptors (Lipinski definition) is 4. The van der Waals surface area contributed by atoms with E-state index in [4.69, 9.17) is 4.74 Å². The average molecular weight is 305 g/mol. The minimum absolute atomic E-state index is 0.00311. The number of benzene rings is 1. The SMILES string of the molecule is CN1CCC(OC(O)C(O)(c2ccccc2)C2CCCC2)C1. The van der Waals surface area contributed by atoms with Crippen LogP contribution in [0.2, 0.25) is 0 Å². The van der Waals surface area contributed by atoms with E-state index in [1.165, 1.54) is 0 Å². The molecule has 3 atom stereocenters. The largest absolute Gasteiger partial charge is 0.380 e. The van der Waals surface area contributed by atoms with Crippen LogP contribution in [0.3, 0.4) is 0 Å². The van der Waals surface area contributed by atoms with Crippen LogP contribution in [-0.2, 0) is 10.3 Å². The van der Waals surface area contributed by atoms with Crippen molar-refractivity contribution in [3.05, 3.63) is 35.9 Å². The van der Waals surface area contributed by atoms with Crippen LogP contribution >= 0.6 is 0 Å². The lowest BCUT2D eigenvalue weighted by molar-refractivity contribution is -0.253. The van der Waals surface area contributed by atoms with Crippen LogP contribution in [0.5, 0.6) is 0 Å². The van der Waals surface area contributed by atoms with Gasteiger partial charge in [0, 0.05) is 13.1 Å². The Morgan fingerprint density at radius 1 is 1.18 bits per heavy atom. The van der Waals surface area contributed by atoms with E-state index >= 15 is 0 Å². The van der Waals surface area contributed by atoms with Gasteiger partial charge < -0.3 is 19.8 Å². The molecule has 2 aliphatic rings. The Morgan fingerprint density at radius 3 is 2.45 bits per heavy atom. The number of nitrogens with zero attached hydrogens (tertiary/aromatic N) is 1. The zero-order valence-corrected chi connectivity index (χ0v) is 13.3. The van der Waals surface area contributed by atoms with Crippen molar-refractivity contribution < 1.29 is 14.9 Å². The molecule has 0 aromatic heterocycles. The molecule has 4 heteroatoms. The predicted molar refractivity (Wildman–Crippen MR) is 85.3 cm³/mol. The van der Waals surface area contributed by atoms with Crippen molar-refractivity contribution in [2.45, 2.75) is 50.1 Å². The molecule has 22 heavy (non-hydrogen) atoms. The van der Waals surface area contributed by atoms with Crippen LogP contribution in [0.1, 0.15) is 37.7 Å². The molecule has 4 nitrogen and oxygen atoms in total. The van der Waals surface area contributed by atoms with Crippen molar-refractivity contribution in [2.75, 3.05) is 20.1 Å². The molecule has 1 aliphatic heterocycles. The van der Waals surface area contributed by atoms with Crippen molar-refractivity contribution in [1.29, 1.82) is 0 Å². The molecule has 2 fully saturated rings. The monoisotopic (exact) mass is 305 g/mol. The highest BCUT2D eigenvalue weighted by atomic mass is 16.6. The number of ether oxygens (including phenoxy) is 1. The number of likely N-dealkylation sites (tertiary alicyclic amines) is 1. The van der Waals surface area contributed by atoms with Gasteiger partial charge in [0.1, 0.15) is 5.60 Å². The minimum Gasteiger partial charge on any atom is -0.380 e. The van der Waals surface area contributed by atoms with E-state index < -0.39 is 11.9 Å². The van der Waals surface area contributed by atoms with E-state index in [1.54, 1.807) is 0 Å². The zero-order chi connectivity index (χ0) is 15.6. The maximum atomic E-state index is 11.4. The van der Waals surface area contributed by atoms with Crippen molar-refractivity contribution in [2.24, 2.45) is 5.92 Å². The number of hydrogen-bond donors (Lipinski definition) is 2. The Balaban J connectivity index is 1.81. The van der Waals surface area contributed by atoms with Gasteiger partial charge in [-0.15, -0.1) is 0 Å². The minimum atomic E-state index is -1.31. The molecule has 122 valence electrons. The predicted octanol–water partition coefficient (Wildman–Crippen LogP) is 2.10. The molecule has 0 spiro atoms. The van der Waals surface area contributed by atoms with E-state index in [1.807, 2.05) is 30.3 Å². The van der Waals surface area contributed by atoms with Gasteiger partial charge in [-0.3, -0.25) is 0 Å². The van der Waals surface area contributed by atoms with Gasteiger partial charge in [0.15, 0.2) is 6.29 Å². The fraction of sp³-hybridized carbons (Fsp3) is 0.667. The number of aliphatic hydroxyl groups excluding tert-OH is 1. The molecule has 0 amide bonds. The van der Waals surface area contributed by atoms with E-state index in [9.17, 15) is 10.2 Å². The average Bonchev–Trinajstić information content (AvgIpc) is 3.19. The van der Waals surface area contributed by atoms with Gasteiger partial charge >= 0.3 is 0 Å². The topological polar surface area (TPSA) is 52.9 Å². The molecule has 3 rings (SSSR count). The molecule has 3 unspecified atom stereocenters. The molecule has 1 saturated carbocycles. The molecule has 0 bridgehead atoms. The van der Waals surface area contributed by atoms with Gasteiger partial charge in [0.2, 0.25) is 0 Å². The molecule has 0 radical (unpaired) electrons. The maximum absolute atomic E-state index is 11.4. The van der Waals surface area contributed by atoms with Crippen LogP contribution < -0.4 is 0 Å². The molecule has 1 aromatic carbocycles. The molecule has 1 aliphatic carbocycles. The highest BCUT2D eigenvalue weighted by molar-refractivity contribution is 5.24. The van der Waals surface area contributed by atoms with E-state index in [0.717, 1.165) is 50.8 Å². The lowest BCUT2D eigenvalue weighted by Crippen LogP contribution is -2.48. The molecule has 1 heterocycles. The standard InChI is InChI=1S/C18H27NO3/c1-19-12-11-16(13-19)22-17(20)18(21,15-9-5-6-10-15)14-7-3-2-4-8-14/h2-4,7-8,15-17,20-21H,5-6,9-13H2,1H3. The van der Waals surface area contributed by atoms with Gasteiger partial charge in [-0.05, 0) is 37.8 Å². The van der Waals surface area contributed by atoms with Gasteiger partial charge in [0.05, 0.1) is 6.10 Å². The van der Waals surface area contributed by atoms with E-state index in [2.05, 4.69) is 11.9 Å². The number of aliphatic hydroxyl groups is 2. The summed E-state index contributed by atoms with van der Waals surface area (Å²) in [7, 11) is 2.05. The second-order valence-electron chi connectivity index (χ2n) is 6.83. The van der Waals surface area contributed by atoms with E-state index in [-0.39, 0.29) is 12.0 Å². The van der Waals surface area contributed by atoms with Crippen LogP contribution in [0.4, 0.5) is 0 Å². The second kappa shape index (κ2) is 6.67. The summed E-state index contributed by atoms with van der Waals surface area (Å²) in [5.41, 5.74) is -0.542. The van der Waals surface area contributed by atoms with Crippen LogP contribution in [0.15, 0.2) is 30.3 Å². The summed E-state index contributed by atoms with van der Waals surface area (Å²) in [4.78, 5) is 2.19. The second-order valence-corrected chi connectivity index (χ2v) is 6.83. The fourth-order valence-corrected chi connectivity index (χ4v) is 3.94. The van der Waals surface area contributed by atoms with Crippen molar-refractivity contribution in [1.82, 2.24) is 4.90 Å². The summed E-state index contributed by atoms with van der Waals surface area (Å²) >= 11 is 0. The van der Waals surface area contributed by atoms with Gasteiger partial charge in [0.25, 0.3) is 0 Å². The Kier molecular flexibility index (Phi) is 4.83. The number of rotatable bonds is 5. The highest BCUT2D eigenvalue weighted by Crippen LogP contribution is 2.43. The quantitative estimate of drug-likeness (QED) is 0.818. The summed E-state index contributed by atoms with van der Waals surface area (Å²) in [6.45, 7) is 1.79. The molecule has 2 N–H and O–H groups in total. The summed E-state index contributed by atoms with van der Waals surface area (Å²) in [5.74, 6) is 0.0593. The van der Waals surface area contributed by atoms with Crippen LogP contribution in [0, 0.1) is 5.92 Å². The summed E-state index contributed by atoms with van der Waals surface area (Å²) < 4.78 is 5.88. The van der Waals surface area contributed by atoms with Gasteiger partial charge in [-0.25, -0.2) is 0 Å². The Bertz CT molecular complexity index is 474. The van der Waals surface area contributed by atoms with Crippen LogP contribution in [0.25, 0.3) is 0 Å². The smallest absolute Gasteiger partial charge is 0.188 e. The molecule has 1 aromatic rings. The van der Waals surface area contributed by atoms with E-state index in [0.29, 0.717) is 0 Å². The maximum Gasteiger partial charge on any atom is 0.188 e. The Morgan fingerprint density at radius 2 is 1.86 bits per heavy atom. The van der Waals surface area contributed by atoms with Crippen LogP contribution in [-0.4, -0.2) is 47.6 Å². The first-order valence-corrected chi connectivity index (χ1v) is 8.40. The Labute approximate surface area is 132 Å². The van der Waals surface area contributed by atoms with Crippen molar-refractivity contribution in [3.63, 3.8) is 0 Å². The highest BCUT2D eigenvalue weighted by Gasteiger charge is 2.47. The van der Waals surface area contributed by atoms with Crippen molar-refractivity contribution in [3.8, 4) is 0 Å². The fourth-order valence-electron chi connectivity index (χ4n) is 3.94. The summed E-state index contributed by atoms with van der Waals surface area (Å²) in [6, 6.07) is 9.53. The Hall–Kier alpha value is -0.940. The molecular weight excluding hydrogens is 278 g/mol. The third kappa shape index (κ3) is 3.06.